The minimum Gasteiger partial charge on any atom is -0.496 e. The molecule has 0 fully saturated rings. The van der Waals surface area contributed by atoms with Crippen LogP contribution in [0.5, 0.6) is 17.2 Å². The predicted molar refractivity (Wildman–Crippen MR) is 83.3 cm³/mol. The molecule has 0 amide bonds. The van der Waals surface area contributed by atoms with Crippen LogP contribution in [0.25, 0.3) is 11.1 Å². The molecule has 2 aliphatic heterocycles. The van der Waals surface area contributed by atoms with Gasteiger partial charge in [0.15, 0.2) is 17.3 Å². The van der Waals surface area contributed by atoms with Gasteiger partial charge in [-0.05, 0) is 29.7 Å². The third-order valence-electron chi connectivity index (χ3n) is 4.84. The number of nitrogens with one attached hydrogen (secondary N) is 1. The minimum absolute atomic E-state index is 0.0891. The van der Waals surface area contributed by atoms with Crippen LogP contribution in [0.1, 0.15) is 27.5 Å². The largest absolute Gasteiger partial charge is 0.496 e. The third-order valence-corrected chi connectivity index (χ3v) is 4.84. The van der Waals surface area contributed by atoms with E-state index >= 15 is 0 Å². The molecule has 2 heterocycles. The molecule has 1 unspecified atom stereocenters. The van der Waals surface area contributed by atoms with E-state index in [1.54, 1.807) is 7.11 Å². The number of fused-ring (bicyclic) bond motifs is 4. The molecule has 2 aromatic rings. The average Bonchev–Trinajstić information content (AvgIpc) is 3.05. The van der Waals surface area contributed by atoms with Gasteiger partial charge in [0, 0.05) is 23.2 Å². The predicted octanol–water partition coefficient (Wildman–Crippen LogP) is 2.47. The van der Waals surface area contributed by atoms with Gasteiger partial charge in [-0.2, -0.15) is 0 Å². The quantitative estimate of drug-likeness (QED) is 0.877. The summed E-state index contributed by atoms with van der Waals surface area (Å²) in [6.07, 6.45) is 0.868. The van der Waals surface area contributed by atoms with E-state index in [2.05, 4.69) is 5.32 Å². The number of rotatable bonds is 1. The molecule has 1 aliphatic carbocycles. The molecule has 0 saturated carbocycles. The highest BCUT2D eigenvalue weighted by Gasteiger charge is 2.41. The molecule has 3 aliphatic rings. The van der Waals surface area contributed by atoms with E-state index in [1.807, 2.05) is 24.3 Å². The number of hydrogen-bond donors (Lipinski definition) is 1. The first kappa shape index (κ1) is 13.0. The van der Waals surface area contributed by atoms with Gasteiger partial charge < -0.3 is 19.5 Å². The molecule has 1 atom stereocenters. The SMILES string of the molecule is COc1cccc2c1-c1c3c(cc4c1C(NCC4)C2=O)OCO3. The Kier molecular flexibility index (Phi) is 2.53. The molecular formula is C18H15NO4. The molecule has 0 radical (unpaired) electrons. The fourth-order valence-electron chi connectivity index (χ4n) is 3.89. The summed E-state index contributed by atoms with van der Waals surface area (Å²) in [5.74, 6) is 2.25. The molecule has 1 N–H and O–H groups in total. The molecule has 5 heteroatoms. The Balaban J connectivity index is 1.94. The Morgan fingerprint density at radius 1 is 1.26 bits per heavy atom. The van der Waals surface area contributed by atoms with Crippen LogP contribution in [-0.4, -0.2) is 26.2 Å². The van der Waals surface area contributed by atoms with Crippen LogP contribution in [0.3, 0.4) is 0 Å². The fraction of sp³-hybridized carbons (Fsp3) is 0.278. The second-order valence-electron chi connectivity index (χ2n) is 5.94. The van der Waals surface area contributed by atoms with E-state index in [0.717, 1.165) is 46.7 Å². The van der Waals surface area contributed by atoms with Crippen molar-refractivity contribution < 1.29 is 19.0 Å². The number of carbonyl (C=O) groups is 1. The van der Waals surface area contributed by atoms with Crippen LogP contribution < -0.4 is 19.5 Å². The maximum absolute atomic E-state index is 13.0. The molecule has 5 rings (SSSR count). The van der Waals surface area contributed by atoms with E-state index in [4.69, 9.17) is 14.2 Å². The molecule has 5 nitrogen and oxygen atoms in total. The third kappa shape index (κ3) is 1.57. The zero-order chi connectivity index (χ0) is 15.6. The molecule has 0 spiro atoms. The van der Waals surface area contributed by atoms with Crippen molar-refractivity contribution in [2.24, 2.45) is 0 Å². The second-order valence-corrected chi connectivity index (χ2v) is 5.94. The molecule has 0 bridgehead atoms. The number of benzene rings is 2. The lowest BCUT2D eigenvalue weighted by Gasteiger charge is -2.34. The van der Waals surface area contributed by atoms with E-state index in [0.29, 0.717) is 11.3 Å². The van der Waals surface area contributed by atoms with Gasteiger partial charge in [-0.15, -0.1) is 0 Å². The summed E-state index contributed by atoms with van der Waals surface area (Å²) < 4.78 is 16.9. The summed E-state index contributed by atoms with van der Waals surface area (Å²) in [5.41, 5.74) is 4.60. The van der Waals surface area contributed by atoms with Crippen LogP contribution in [-0.2, 0) is 6.42 Å². The fourth-order valence-corrected chi connectivity index (χ4v) is 3.89. The van der Waals surface area contributed by atoms with Crippen molar-refractivity contribution in [2.75, 3.05) is 20.4 Å². The highest BCUT2D eigenvalue weighted by atomic mass is 16.7. The molecule has 2 aromatic carbocycles. The van der Waals surface area contributed by atoms with Gasteiger partial charge in [-0.25, -0.2) is 0 Å². The van der Waals surface area contributed by atoms with Crippen molar-refractivity contribution >= 4 is 5.78 Å². The van der Waals surface area contributed by atoms with E-state index in [-0.39, 0.29) is 18.6 Å². The van der Waals surface area contributed by atoms with E-state index in [1.165, 1.54) is 0 Å². The Labute approximate surface area is 133 Å². The topological polar surface area (TPSA) is 56.8 Å². The second kappa shape index (κ2) is 4.49. The van der Waals surface area contributed by atoms with Crippen molar-refractivity contribution in [3.63, 3.8) is 0 Å². The molecule has 0 saturated heterocycles. The molecular weight excluding hydrogens is 294 g/mol. The normalized spacial score (nSPS) is 20.0. The van der Waals surface area contributed by atoms with Gasteiger partial charge >= 0.3 is 0 Å². The van der Waals surface area contributed by atoms with Gasteiger partial charge in [-0.3, -0.25) is 4.79 Å². The molecule has 116 valence electrons. The summed E-state index contributed by atoms with van der Waals surface area (Å²) in [5, 5.41) is 3.35. The van der Waals surface area contributed by atoms with Gasteiger partial charge in [0.25, 0.3) is 0 Å². The van der Waals surface area contributed by atoms with Gasteiger partial charge in [0.05, 0.1) is 13.2 Å². The lowest BCUT2D eigenvalue weighted by Crippen LogP contribution is -2.38. The van der Waals surface area contributed by atoms with Crippen molar-refractivity contribution in [3.8, 4) is 28.4 Å². The first-order valence-electron chi connectivity index (χ1n) is 7.70. The monoisotopic (exact) mass is 309 g/mol. The zero-order valence-electron chi connectivity index (χ0n) is 12.6. The van der Waals surface area contributed by atoms with Crippen LogP contribution in [0.2, 0.25) is 0 Å². The van der Waals surface area contributed by atoms with Gasteiger partial charge in [-0.1, -0.05) is 12.1 Å². The number of methoxy groups -OCH3 is 1. The summed E-state index contributed by atoms with van der Waals surface area (Å²) in [6.45, 7) is 0.990. The van der Waals surface area contributed by atoms with Crippen molar-refractivity contribution in [1.29, 1.82) is 0 Å². The van der Waals surface area contributed by atoms with Crippen molar-refractivity contribution in [2.45, 2.75) is 12.5 Å². The van der Waals surface area contributed by atoms with Crippen LogP contribution >= 0.6 is 0 Å². The van der Waals surface area contributed by atoms with Crippen LogP contribution in [0.4, 0.5) is 0 Å². The molecule has 0 aromatic heterocycles. The Hall–Kier alpha value is -2.53. The number of ether oxygens (including phenoxy) is 3. The lowest BCUT2D eigenvalue weighted by molar-refractivity contribution is 0.0937. The number of hydrogen-bond acceptors (Lipinski definition) is 5. The zero-order valence-corrected chi connectivity index (χ0v) is 12.6. The number of Topliss-reactive ketones (excluding diaryl/α,β-unsaturated/α-hetero) is 1. The Bertz CT molecular complexity index is 859. The van der Waals surface area contributed by atoms with Crippen LogP contribution in [0.15, 0.2) is 24.3 Å². The highest BCUT2D eigenvalue weighted by Crippen LogP contribution is 2.54. The Morgan fingerprint density at radius 3 is 3.04 bits per heavy atom. The summed E-state index contributed by atoms with van der Waals surface area (Å²) in [7, 11) is 1.62. The number of ketones is 1. The summed E-state index contributed by atoms with van der Waals surface area (Å²) >= 11 is 0. The van der Waals surface area contributed by atoms with E-state index in [9.17, 15) is 4.79 Å². The van der Waals surface area contributed by atoms with Gasteiger partial charge in [0.2, 0.25) is 6.79 Å². The van der Waals surface area contributed by atoms with Crippen LogP contribution in [0, 0.1) is 0 Å². The smallest absolute Gasteiger partial charge is 0.231 e. The van der Waals surface area contributed by atoms with Crippen molar-refractivity contribution in [1.82, 2.24) is 5.32 Å². The first-order valence-corrected chi connectivity index (χ1v) is 7.70. The summed E-state index contributed by atoms with van der Waals surface area (Å²) in [6, 6.07) is 7.29. The Morgan fingerprint density at radius 2 is 2.17 bits per heavy atom. The number of carbonyl (C=O) groups excluding carboxylic acids is 1. The average molecular weight is 309 g/mol. The first-order chi connectivity index (χ1) is 11.3. The lowest BCUT2D eigenvalue weighted by atomic mass is 9.76. The maximum atomic E-state index is 13.0. The van der Waals surface area contributed by atoms with E-state index < -0.39 is 0 Å². The van der Waals surface area contributed by atoms with Crippen molar-refractivity contribution in [3.05, 3.63) is 41.0 Å². The van der Waals surface area contributed by atoms with Gasteiger partial charge in [0.1, 0.15) is 5.75 Å². The molecule has 23 heavy (non-hydrogen) atoms. The maximum Gasteiger partial charge on any atom is 0.231 e. The standard InChI is InChI=1S/C18H15NO4/c1-21-11-4-2-3-10-14(11)15-13-9(5-6-19-16(13)17(10)20)7-12-18(15)23-8-22-12/h2-4,7,16,19H,5-6,8H2,1H3. The minimum atomic E-state index is -0.317. The highest BCUT2D eigenvalue weighted by molar-refractivity contribution is 6.12. The summed E-state index contributed by atoms with van der Waals surface area (Å²) in [4.78, 5) is 13.0.